The zero-order valence-corrected chi connectivity index (χ0v) is 28.9. The fourth-order valence-electron chi connectivity index (χ4n) is 5.31. The van der Waals surface area contributed by atoms with Crippen LogP contribution in [0.25, 0.3) is 0 Å². The van der Waals surface area contributed by atoms with E-state index in [2.05, 4.69) is 107 Å². The van der Waals surface area contributed by atoms with Crippen molar-refractivity contribution in [3.05, 3.63) is 57.6 Å². The first-order valence-corrected chi connectivity index (χ1v) is 15.0. The molecule has 1 aliphatic rings. The summed E-state index contributed by atoms with van der Waals surface area (Å²) in [6, 6.07) is 8.53. The molecule has 41 heavy (non-hydrogen) atoms. The van der Waals surface area contributed by atoms with E-state index in [9.17, 15) is 10.2 Å². The van der Waals surface area contributed by atoms with Crippen molar-refractivity contribution in [1.82, 2.24) is 0 Å². The smallest absolute Gasteiger partial charge is 0.507 e. The molecule has 0 aromatic heterocycles. The topological polar surface area (TPSA) is 65.2 Å². The van der Waals surface area contributed by atoms with Gasteiger partial charge in [0.2, 0.25) is 0 Å². The minimum Gasteiger partial charge on any atom is -0.507 e. The maximum atomic E-state index is 11.2. The summed E-state index contributed by atoms with van der Waals surface area (Å²) in [7, 11) is 0. The second-order valence-electron chi connectivity index (χ2n) is 15.9. The fraction of sp³-hybridized carbons (Fsp3) is 0.611. The van der Waals surface area contributed by atoms with Crippen molar-refractivity contribution in [1.29, 1.82) is 0 Å². The quantitative estimate of drug-likeness (QED) is 0.345. The van der Waals surface area contributed by atoms with E-state index in [-0.39, 0.29) is 51.1 Å². The van der Waals surface area contributed by atoms with Gasteiger partial charge in [0, 0.05) is 34.7 Å². The zero-order chi connectivity index (χ0) is 30.3. The van der Waals surface area contributed by atoms with Gasteiger partial charge in [0.25, 0.3) is 0 Å². The molecule has 5 heteroatoms. The molecule has 1 radical (unpaired) electrons. The molecule has 1 saturated carbocycles. The number of aromatic hydroxyl groups is 2. The van der Waals surface area contributed by atoms with Crippen LogP contribution in [0, 0.1) is 0 Å². The minimum absolute atomic E-state index is 0. The van der Waals surface area contributed by atoms with Crippen LogP contribution in [-0.2, 0) is 39.0 Å². The van der Waals surface area contributed by atoms with Crippen LogP contribution in [0.4, 0.5) is 0 Å². The molecule has 4 nitrogen and oxygen atoms in total. The first kappa shape index (κ1) is 35.1. The molecule has 0 unspecified atom stereocenters. The van der Waals surface area contributed by atoms with Crippen LogP contribution in [0.3, 0.4) is 0 Å². The first-order chi connectivity index (χ1) is 18.2. The zero-order valence-electron chi connectivity index (χ0n) is 27.6. The van der Waals surface area contributed by atoms with E-state index in [1.165, 1.54) is 11.1 Å². The third-order valence-corrected chi connectivity index (χ3v) is 8.13. The van der Waals surface area contributed by atoms with E-state index < -0.39 is 0 Å². The van der Waals surface area contributed by atoms with E-state index in [0.29, 0.717) is 11.5 Å². The van der Waals surface area contributed by atoms with Crippen LogP contribution in [0.2, 0.25) is 0 Å². The van der Waals surface area contributed by atoms with Crippen molar-refractivity contribution >= 4 is 12.4 Å². The number of rotatable bonds is 4. The Labute approximate surface area is 260 Å². The Morgan fingerprint density at radius 2 is 0.878 bits per heavy atom. The van der Waals surface area contributed by atoms with E-state index in [1.807, 2.05) is 12.4 Å². The maximum absolute atomic E-state index is 11.2. The molecule has 0 bridgehead atoms. The number of nitrogens with zero attached hydrogens (tertiary/aromatic N) is 2. The van der Waals surface area contributed by atoms with Crippen LogP contribution < -0.4 is 0 Å². The van der Waals surface area contributed by atoms with Crippen LogP contribution in [0.1, 0.15) is 142 Å². The normalized spacial score (nSPS) is 19.1. The summed E-state index contributed by atoms with van der Waals surface area (Å²) >= 11 is 0. The second kappa shape index (κ2) is 12.6. The number of phenolic OH excluding ortho intramolecular Hbond substituents is 2. The van der Waals surface area contributed by atoms with E-state index >= 15 is 0 Å². The third kappa shape index (κ3) is 8.71. The van der Waals surface area contributed by atoms with Crippen molar-refractivity contribution in [2.75, 3.05) is 0 Å². The predicted octanol–water partition coefficient (Wildman–Crippen LogP) is 9.13. The van der Waals surface area contributed by atoms with E-state index in [4.69, 9.17) is 9.98 Å². The molecule has 0 aliphatic heterocycles. The number of aliphatic imine (C=N–C) groups is 2. The summed E-state index contributed by atoms with van der Waals surface area (Å²) < 4.78 is 0. The molecule has 223 valence electrons. The van der Waals surface area contributed by atoms with Gasteiger partial charge in [0.15, 0.2) is 0 Å². The van der Waals surface area contributed by atoms with Crippen molar-refractivity contribution in [3.8, 4) is 11.5 Å². The summed E-state index contributed by atoms with van der Waals surface area (Å²) in [5, 5.41) is 22.5. The first-order valence-electron chi connectivity index (χ1n) is 15.0. The Kier molecular flexibility index (Phi) is 10.8. The molecule has 0 heterocycles. The Morgan fingerprint density at radius 3 is 1.15 bits per heavy atom. The molecule has 1 fully saturated rings. The Morgan fingerprint density at radius 1 is 0.561 bits per heavy atom. The fourth-order valence-corrected chi connectivity index (χ4v) is 5.31. The average Bonchev–Trinajstić information content (AvgIpc) is 2.80. The number of phenols is 2. The average molecular weight is 599 g/mol. The summed E-state index contributed by atoms with van der Waals surface area (Å²) in [4.78, 5) is 10.1. The largest absolute Gasteiger partial charge is 3.00 e. The van der Waals surface area contributed by atoms with Gasteiger partial charge in [-0.05, 0) is 57.8 Å². The van der Waals surface area contributed by atoms with Crippen molar-refractivity contribution in [2.45, 2.75) is 143 Å². The minimum atomic E-state index is -0.179. The maximum Gasteiger partial charge on any atom is 3.00 e. The predicted molar refractivity (Wildman–Crippen MR) is 172 cm³/mol. The Bertz CT molecular complexity index is 1170. The van der Waals surface area contributed by atoms with Gasteiger partial charge in [-0.15, -0.1) is 0 Å². The molecule has 0 amide bonds. The molecule has 0 saturated heterocycles. The van der Waals surface area contributed by atoms with Crippen LogP contribution in [0.5, 0.6) is 11.5 Å². The van der Waals surface area contributed by atoms with Crippen LogP contribution in [0.15, 0.2) is 34.3 Å². The third-order valence-electron chi connectivity index (χ3n) is 8.13. The molecule has 2 N–H and O–H groups in total. The monoisotopic (exact) mass is 598 g/mol. The molecule has 3 rings (SSSR count). The molecular weight excluding hydrogens is 544 g/mol. The number of benzene rings is 2. The Balaban J connectivity index is 0.00000588. The molecule has 1 aliphatic carbocycles. The van der Waals surface area contributed by atoms with Crippen molar-refractivity contribution < 1.29 is 27.6 Å². The van der Waals surface area contributed by atoms with Gasteiger partial charge >= 0.3 is 17.4 Å². The SMILES string of the molecule is CC(C)(C)c1cc(C=N[C@@H]2CCCC[C@H]2N=Cc2cc(C(C)(C)C)cc(C(C)(C)C)c2O)c(O)c(C(C)(C)C)c1.[Cr+3]. The van der Waals surface area contributed by atoms with Crippen LogP contribution in [-0.4, -0.2) is 34.7 Å². The summed E-state index contributed by atoms with van der Waals surface area (Å²) in [5.41, 5.74) is 5.39. The molecule has 2 atom stereocenters. The molecular formula is C36H54CrN2O2+3. The van der Waals surface area contributed by atoms with Gasteiger partial charge in [-0.2, -0.15) is 0 Å². The second-order valence-corrected chi connectivity index (χ2v) is 15.9. The van der Waals surface area contributed by atoms with Crippen LogP contribution >= 0.6 is 0 Å². The molecule has 2 aromatic carbocycles. The van der Waals surface area contributed by atoms with Crippen molar-refractivity contribution in [3.63, 3.8) is 0 Å². The summed E-state index contributed by atoms with van der Waals surface area (Å²) in [5.74, 6) is 0.637. The van der Waals surface area contributed by atoms with Gasteiger partial charge in [0.1, 0.15) is 11.5 Å². The van der Waals surface area contributed by atoms with E-state index in [0.717, 1.165) is 47.9 Å². The summed E-state index contributed by atoms with van der Waals surface area (Å²) in [6.07, 6.45) is 7.90. The van der Waals surface area contributed by atoms with Crippen molar-refractivity contribution in [2.24, 2.45) is 9.98 Å². The van der Waals surface area contributed by atoms with Gasteiger partial charge < -0.3 is 10.2 Å². The van der Waals surface area contributed by atoms with E-state index in [1.54, 1.807) is 0 Å². The van der Waals surface area contributed by atoms with Gasteiger partial charge in [-0.1, -0.05) is 108 Å². The van der Waals surface area contributed by atoms with Gasteiger partial charge in [0.05, 0.1) is 12.1 Å². The number of hydrogen-bond acceptors (Lipinski definition) is 4. The standard InChI is InChI=1S/C36H54N2O2.Cr/c1-33(2,3)25-17-23(31(39)27(19-25)35(7,8)9)21-37-29-15-13-14-16-30(29)38-22-24-18-26(34(4,5)6)20-28(32(24)40)36(10,11)12;/h17-22,29-30,39-40H,13-16H2,1-12H3;/q;+3/t29-,30-;/m1./s1. The molecule has 0 spiro atoms. The summed E-state index contributed by atoms with van der Waals surface area (Å²) in [6.45, 7) is 26.0. The number of hydrogen-bond donors (Lipinski definition) is 2. The Hall–Kier alpha value is -2.09. The van der Waals surface area contributed by atoms with Gasteiger partial charge in [-0.25, -0.2) is 0 Å². The molecule has 2 aromatic rings. The van der Waals surface area contributed by atoms with Gasteiger partial charge in [-0.3, -0.25) is 9.98 Å².